The van der Waals surface area contributed by atoms with Crippen LogP contribution in [-0.4, -0.2) is 29.4 Å². The Morgan fingerprint density at radius 1 is 1.20 bits per heavy atom. The van der Waals surface area contributed by atoms with Gasteiger partial charge in [-0.15, -0.1) is 0 Å². The van der Waals surface area contributed by atoms with E-state index >= 15 is 0 Å². The molecule has 1 aromatic rings. The molecule has 3 heteroatoms. The van der Waals surface area contributed by atoms with Gasteiger partial charge in [-0.1, -0.05) is 6.07 Å². The normalized spacial score (nSPS) is 26.2. The number of hydrogen-bond donors (Lipinski definition) is 1. The van der Waals surface area contributed by atoms with E-state index in [9.17, 15) is 4.79 Å². The van der Waals surface area contributed by atoms with Gasteiger partial charge in [0.25, 0.3) is 5.91 Å². The van der Waals surface area contributed by atoms with E-state index in [1.807, 2.05) is 6.07 Å². The number of hydrogen-bond acceptors (Lipinski definition) is 2. The zero-order chi connectivity index (χ0) is 14.1. The van der Waals surface area contributed by atoms with E-state index in [1.165, 1.54) is 17.5 Å². The Hall–Kier alpha value is -1.35. The monoisotopic (exact) mass is 272 g/mol. The first-order chi connectivity index (χ1) is 9.66. The van der Waals surface area contributed by atoms with Gasteiger partial charge in [0.2, 0.25) is 0 Å². The molecule has 1 fully saturated rings. The van der Waals surface area contributed by atoms with Crippen molar-refractivity contribution in [2.75, 3.05) is 6.54 Å². The lowest BCUT2D eigenvalue weighted by atomic mass is 9.94. The van der Waals surface area contributed by atoms with Gasteiger partial charge in [0.05, 0.1) is 0 Å². The number of amides is 1. The quantitative estimate of drug-likeness (QED) is 0.852. The van der Waals surface area contributed by atoms with Gasteiger partial charge >= 0.3 is 0 Å². The van der Waals surface area contributed by atoms with E-state index in [2.05, 4.69) is 36.2 Å². The van der Waals surface area contributed by atoms with Crippen LogP contribution in [0.25, 0.3) is 0 Å². The molecule has 108 valence electrons. The lowest BCUT2D eigenvalue weighted by Gasteiger charge is -2.39. The summed E-state index contributed by atoms with van der Waals surface area (Å²) in [6, 6.07) is 6.97. The maximum atomic E-state index is 12.8. The van der Waals surface area contributed by atoms with E-state index in [1.54, 1.807) is 0 Å². The number of piperidine rings is 1. The summed E-state index contributed by atoms with van der Waals surface area (Å²) >= 11 is 0. The highest BCUT2D eigenvalue weighted by atomic mass is 16.2. The summed E-state index contributed by atoms with van der Waals surface area (Å²) in [6.45, 7) is 6.28. The standard InChI is InChI=1S/C17H24N2O/c1-12-4-3-5-13(2)19(12)17(20)15-7-6-14-8-9-18-11-16(14)10-15/h6-7,10,12-13,18H,3-5,8-9,11H2,1-2H3/t12-,13+. The summed E-state index contributed by atoms with van der Waals surface area (Å²) in [7, 11) is 0. The van der Waals surface area contributed by atoms with Gasteiger partial charge in [0, 0.05) is 24.2 Å². The average Bonchev–Trinajstić information content (AvgIpc) is 2.46. The van der Waals surface area contributed by atoms with E-state index in [0.717, 1.165) is 37.9 Å². The van der Waals surface area contributed by atoms with Crippen molar-refractivity contribution < 1.29 is 4.79 Å². The number of benzene rings is 1. The van der Waals surface area contributed by atoms with Gasteiger partial charge in [-0.2, -0.15) is 0 Å². The molecule has 1 saturated heterocycles. The minimum atomic E-state index is 0.207. The third-order valence-electron chi connectivity index (χ3n) is 4.77. The second kappa shape index (κ2) is 5.57. The van der Waals surface area contributed by atoms with Crippen LogP contribution in [0.5, 0.6) is 0 Å². The number of rotatable bonds is 1. The largest absolute Gasteiger partial charge is 0.333 e. The Labute approximate surface area is 121 Å². The SMILES string of the molecule is C[C@@H]1CCC[C@H](C)N1C(=O)c1ccc2c(c1)CNCC2. The van der Waals surface area contributed by atoms with Crippen LogP contribution in [0.3, 0.4) is 0 Å². The summed E-state index contributed by atoms with van der Waals surface area (Å²) in [4.78, 5) is 14.9. The zero-order valence-corrected chi connectivity index (χ0v) is 12.5. The average molecular weight is 272 g/mol. The van der Waals surface area contributed by atoms with Crippen molar-refractivity contribution in [3.05, 3.63) is 34.9 Å². The first-order valence-corrected chi connectivity index (χ1v) is 7.82. The molecule has 2 aliphatic rings. The molecule has 3 rings (SSSR count). The molecular formula is C17H24N2O. The van der Waals surface area contributed by atoms with Crippen molar-refractivity contribution in [1.82, 2.24) is 10.2 Å². The molecule has 0 aromatic heterocycles. The van der Waals surface area contributed by atoms with Crippen LogP contribution in [0, 0.1) is 0 Å². The predicted molar refractivity (Wildman–Crippen MR) is 80.8 cm³/mol. The molecule has 0 spiro atoms. The molecule has 0 bridgehead atoms. The highest BCUT2D eigenvalue weighted by Gasteiger charge is 2.29. The molecule has 20 heavy (non-hydrogen) atoms. The third-order valence-corrected chi connectivity index (χ3v) is 4.77. The second-order valence-corrected chi connectivity index (χ2v) is 6.25. The molecule has 1 N–H and O–H groups in total. The van der Waals surface area contributed by atoms with Crippen molar-refractivity contribution >= 4 is 5.91 Å². The highest BCUT2D eigenvalue weighted by molar-refractivity contribution is 5.95. The fraction of sp³-hybridized carbons (Fsp3) is 0.588. The number of carbonyl (C=O) groups is 1. The third kappa shape index (κ3) is 2.47. The Morgan fingerprint density at radius 3 is 2.70 bits per heavy atom. The van der Waals surface area contributed by atoms with E-state index in [0.29, 0.717) is 12.1 Å². The summed E-state index contributed by atoms with van der Waals surface area (Å²) < 4.78 is 0. The maximum absolute atomic E-state index is 12.8. The lowest BCUT2D eigenvalue weighted by molar-refractivity contribution is 0.0510. The van der Waals surface area contributed by atoms with E-state index < -0.39 is 0 Å². The molecule has 2 aliphatic heterocycles. The minimum Gasteiger partial charge on any atom is -0.333 e. The molecule has 1 aromatic carbocycles. The van der Waals surface area contributed by atoms with Crippen LogP contribution in [-0.2, 0) is 13.0 Å². The molecular weight excluding hydrogens is 248 g/mol. The number of carbonyl (C=O) groups excluding carboxylic acids is 1. The van der Waals surface area contributed by atoms with E-state index in [4.69, 9.17) is 0 Å². The Morgan fingerprint density at radius 2 is 1.95 bits per heavy atom. The Balaban J connectivity index is 1.86. The summed E-state index contributed by atoms with van der Waals surface area (Å²) in [5, 5.41) is 3.38. The van der Waals surface area contributed by atoms with E-state index in [-0.39, 0.29) is 5.91 Å². The molecule has 2 atom stereocenters. The van der Waals surface area contributed by atoms with Crippen LogP contribution in [0.4, 0.5) is 0 Å². The molecule has 2 heterocycles. The maximum Gasteiger partial charge on any atom is 0.254 e. The molecule has 1 amide bonds. The smallest absolute Gasteiger partial charge is 0.254 e. The Kier molecular flexibility index (Phi) is 3.79. The second-order valence-electron chi connectivity index (χ2n) is 6.25. The van der Waals surface area contributed by atoms with Gasteiger partial charge in [-0.05, 0) is 69.3 Å². The van der Waals surface area contributed by atoms with Gasteiger partial charge < -0.3 is 10.2 Å². The molecule has 0 radical (unpaired) electrons. The number of nitrogens with zero attached hydrogens (tertiary/aromatic N) is 1. The van der Waals surface area contributed by atoms with Crippen molar-refractivity contribution in [3.8, 4) is 0 Å². The topological polar surface area (TPSA) is 32.3 Å². The minimum absolute atomic E-state index is 0.207. The van der Waals surface area contributed by atoms with Gasteiger partial charge in [-0.3, -0.25) is 4.79 Å². The molecule has 0 aliphatic carbocycles. The van der Waals surface area contributed by atoms with Crippen LogP contribution >= 0.6 is 0 Å². The molecule has 0 unspecified atom stereocenters. The highest BCUT2D eigenvalue weighted by Crippen LogP contribution is 2.25. The molecule has 3 nitrogen and oxygen atoms in total. The summed E-state index contributed by atoms with van der Waals surface area (Å²) in [6.07, 6.45) is 4.56. The van der Waals surface area contributed by atoms with Crippen molar-refractivity contribution in [2.45, 2.75) is 58.2 Å². The van der Waals surface area contributed by atoms with Crippen LogP contribution in [0.15, 0.2) is 18.2 Å². The molecule has 0 saturated carbocycles. The first-order valence-electron chi connectivity index (χ1n) is 7.82. The van der Waals surface area contributed by atoms with Gasteiger partial charge in [0.1, 0.15) is 0 Å². The fourth-order valence-corrected chi connectivity index (χ4v) is 3.58. The lowest BCUT2D eigenvalue weighted by Crippen LogP contribution is -2.47. The van der Waals surface area contributed by atoms with Gasteiger partial charge in [-0.25, -0.2) is 0 Å². The summed E-state index contributed by atoms with van der Waals surface area (Å²) in [5.74, 6) is 0.207. The number of likely N-dealkylation sites (tertiary alicyclic amines) is 1. The van der Waals surface area contributed by atoms with Gasteiger partial charge in [0.15, 0.2) is 0 Å². The zero-order valence-electron chi connectivity index (χ0n) is 12.5. The number of nitrogens with one attached hydrogen (secondary N) is 1. The van der Waals surface area contributed by atoms with Crippen molar-refractivity contribution in [2.24, 2.45) is 0 Å². The fourth-order valence-electron chi connectivity index (χ4n) is 3.58. The van der Waals surface area contributed by atoms with Crippen LogP contribution in [0.1, 0.15) is 54.6 Å². The number of fused-ring (bicyclic) bond motifs is 1. The predicted octanol–water partition coefficient (Wildman–Crippen LogP) is 2.74. The summed E-state index contributed by atoms with van der Waals surface area (Å²) in [5.41, 5.74) is 3.53. The first kappa shape index (κ1) is 13.6. The Bertz CT molecular complexity index is 502. The van der Waals surface area contributed by atoms with Crippen LogP contribution < -0.4 is 5.32 Å². The van der Waals surface area contributed by atoms with Crippen molar-refractivity contribution in [1.29, 1.82) is 0 Å². The van der Waals surface area contributed by atoms with Crippen LogP contribution in [0.2, 0.25) is 0 Å². The van der Waals surface area contributed by atoms with Crippen molar-refractivity contribution in [3.63, 3.8) is 0 Å².